The van der Waals surface area contributed by atoms with E-state index in [1.165, 1.54) is 10.5 Å². The number of aryl methyl sites for hydroxylation is 2. The van der Waals surface area contributed by atoms with Gasteiger partial charge in [-0.25, -0.2) is 0 Å². The van der Waals surface area contributed by atoms with E-state index in [0.29, 0.717) is 0 Å². The highest BCUT2D eigenvalue weighted by molar-refractivity contribution is 7.99. The van der Waals surface area contributed by atoms with Crippen LogP contribution < -0.4 is 0 Å². The van der Waals surface area contributed by atoms with Crippen molar-refractivity contribution in [2.75, 3.05) is 5.75 Å². The van der Waals surface area contributed by atoms with E-state index >= 15 is 0 Å². The van der Waals surface area contributed by atoms with Crippen LogP contribution in [0.15, 0.2) is 53.6 Å². The van der Waals surface area contributed by atoms with E-state index in [2.05, 4.69) is 47.4 Å². The quantitative estimate of drug-likeness (QED) is 0.741. The monoisotopic (exact) mass is 229 g/mol. The maximum atomic E-state index is 4.28. The molecule has 0 amide bonds. The molecule has 1 heterocycles. The maximum Gasteiger partial charge on any atom is 0.0407 e. The molecule has 2 aromatic rings. The molecule has 16 heavy (non-hydrogen) atoms. The first kappa shape index (κ1) is 11.2. The lowest BCUT2D eigenvalue weighted by Crippen LogP contribution is -1.88. The summed E-state index contributed by atoms with van der Waals surface area (Å²) in [7, 11) is 0. The highest BCUT2D eigenvalue weighted by Gasteiger charge is 1.95. The first-order chi connectivity index (χ1) is 7.84. The summed E-state index contributed by atoms with van der Waals surface area (Å²) in [5.41, 5.74) is 2.47. The van der Waals surface area contributed by atoms with E-state index in [1.54, 1.807) is 0 Å². The van der Waals surface area contributed by atoms with Crippen molar-refractivity contribution in [3.63, 3.8) is 0 Å². The van der Waals surface area contributed by atoms with Gasteiger partial charge in [-0.2, -0.15) is 0 Å². The standard InChI is InChI=1S/C14H15NS/c1-12-7-8-14(11-15-12)16-10-9-13-5-3-2-4-6-13/h2-8,11H,9-10H2,1H3. The van der Waals surface area contributed by atoms with Gasteiger partial charge in [-0.3, -0.25) is 4.98 Å². The fourth-order valence-corrected chi connectivity index (χ4v) is 2.34. The zero-order valence-corrected chi connectivity index (χ0v) is 10.2. The average Bonchev–Trinajstić information content (AvgIpc) is 2.33. The summed E-state index contributed by atoms with van der Waals surface area (Å²) in [4.78, 5) is 5.54. The predicted octanol–water partition coefficient (Wildman–Crippen LogP) is 3.72. The zero-order valence-electron chi connectivity index (χ0n) is 9.39. The minimum absolute atomic E-state index is 1.08. The third kappa shape index (κ3) is 3.38. The van der Waals surface area contributed by atoms with Gasteiger partial charge in [-0.05, 0) is 31.0 Å². The van der Waals surface area contributed by atoms with Crippen LogP contribution in [0, 0.1) is 6.92 Å². The van der Waals surface area contributed by atoms with Crippen molar-refractivity contribution in [2.45, 2.75) is 18.2 Å². The van der Waals surface area contributed by atoms with Crippen LogP contribution in [0.5, 0.6) is 0 Å². The molecule has 1 nitrogen and oxygen atoms in total. The second kappa shape index (κ2) is 5.71. The molecule has 0 atom stereocenters. The SMILES string of the molecule is Cc1ccc(SCCc2ccccc2)cn1. The predicted molar refractivity (Wildman–Crippen MR) is 69.8 cm³/mol. The van der Waals surface area contributed by atoms with E-state index in [1.807, 2.05) is 24.9 Å². The number of thioether (sulfide) groups is 1. The normalized spacial score (nSPS) is 10.3. The van der Waals surface area contributed by atoms with E-state index in [9.17, 15) is 0 Å². The van der Waals surface area contributed by atoms with Gasteiger partial charge in [0.2, 0.25) is 0 Å². The van der Waals surface area contributed by atoms with Gasteiger partial charge in [-0.1, -0.05) is 30.3 Å². The van der Waals surface area contributed by atoms with Crippen LogP contribution in [0.1, 0.15) is 11.3 Å². The van der Waals surface area contributed by atoms with Crippen molar-refractivity contribution in [3.05, 3.63) is 59.9 Å². The Balaban J connectivity index is 1.82. The Labute approximate surface area is 101 Å². The minimum atomic E-state index is 1.08. The molecule has 0 saturated heterocycles. The molecule has 0 spiro atoms. The Hall–Kier alpha value is -1.28. The smallest absolute Gasteiger partial charge is 0.0407 e. The molecule has 0 aliphatic carbocycles. The molecule has 0 fully saturated rings. The largest absolute Gasteiger partial charge is 0.260 e. The number of pyridine rings is 1. The van der Waals surface area contributed by atoms with Gasteiger partial charge in [0.05, 0.1) is 0 Å². The van der Waals surface area contributed by atoms with Crippen molar-refractivity contribution >= 4 is 11.8 Å². The van der Waals surface area contributed by atoms with Crippen LogP contribution in [0.25, 0.3) is 0 Å². The Morgan fingerprint density at radius 2 is 1.88 bits per heavy atom. The molecule has 1 aromatic carbocycles. The van der Waals surface area contributed by atoms with E-state index in [-0.39, 0.29) is 0 Å². The zero-order chi connectivity index (χ0) is 11.2. The summed E-state index contributed by atoms with van der Waals surface area (Å²) in [6, 6.07) is 14.8. The molecular formula is C14H15NS. The average molecular weight is 229 g/mol. The summed E-state index contributed by atoms with van der Waals surface area (Å²) in [6.07, 6.45) is 3.06. The second-order valence-electron chi connectivity index (χ2n) is 3.72. The van der Waals surface area contributed by atoms with Gasteiger partial charge in [0, 0.05) is 22.5 Å². The molecular weight excluding hydrogens is 214 g/mol. The van der Waals surface area contributed by atoms with Gasteiger partial charge in [0.1, 0.15) is 0 Å². The molecule has 0 bridgehead atoms. The first-order valence-electron chi connectivity index (χ1n) is 5.44. The summed E-state index contributed by atoms with van der Waals surface area (Å²) < 4.78 is 0. The van der Waals surface area contributed by atoms with Gasteiger partial charge in [0.15, 0.2) is 0 Å². The van der Waals surface area contributed by atoms with Crippen molar-refractivity contribution in [1.29, 1.82) is 0 Å². The lowest BCUT2D eigenvalue weighted by Gasteiger charge is -2.02. The van der Waals surface area contributed by atoms with Gasteiger partial charge in [-0.15, -0.1) is 11.8 Å². The summed E-state index contributed by atoms with van der Waals surface area (Å²) in [5, 5.41) is 0. The molecule has 0 radical (unpaired) electrons. The summed E-state index contributed by atoms with van der Waals surface area (Å²) in [6.45, 7) is 2.01. The van der Waals surface area contributed by atoms with Gasteiger partial charge >= 0.3 is 0 Å². The van der Waals surface area contributed by atoms with Crippen molar-refractivity contribution in [1.82, 2.24) is 4.98 Å². The highest BCUT2D eigenvalue weighted by atomic mass is 32.2. The number of hydrogen-bond donors (Lipinski definition) is 0. The fraction of sp³-hybridized carbons (Fsp3) is 0.214. The Bertz CT molecular complexity index is 422. The lowest BCUT2D eigenvalue weighted by atomic mass is 10.2. The van der Waals surface area contributed by atoms with Crippen LogP contribution >= 0.6 is 11.8 Å². The molecule has 2 rings (SSSR count). The number of rotatable bonds is 4. The first-order valence-corrected chi connectivity index (χ1v) is 6.42. The molecule has 2 heteroatoms. The molecule has 0 saturated carbocycles. The third-order valence-electron chi connectivity index (χ3n) is 2.39. The molecule has 82 valence electrons. The third-order valence-corrected chi connectivity index (χ3v) is 3.37. The van der Waals surface area contributed by atoms with E-state index in [4.69, 9.17) is 0 Å². The molecule has 1 aromatic heterocycles. The molecule has 0 unspecified atom stereocenters. The Morgan fingerprint density at radius 1 is 1.06 bits per heavy atom. The van der Waals surface area contributed by atoms with Gasteiger partial charge < -0.3 is 0 Å². The van der Waals surface area contributed by atoms with E-state index in [0.717, 1.165) is 17.9 Å². The van der Waals surface area contributed by atoms with Crippen LogP contribution in [0.2, 0.25) is 0 Å². The summed E-state index contributed by atoms with van der Waals surface area (Å²) >= 11 is 1.86. The van der Waals surface area contributed by atoms with Crippen molar-refractivity contribution < 1.29 is 0 Å². The topological polar surface area (TPSA) is 12.9 Å². The molecule has 0 N–H and O–H groups in total. The number of hydrogen-bond acceptors (Lipinski definition) is 2. The van der Waals surface area contributed by atoms with E-state index < -0.39 is 0 Å². The van der Waals surface area contributed by atoms with Crippen molar-refractivity contribution in [3.8, 4) is 0 Å². The van der Waals surface area contributed by atoms with Gasteiger partial charge in [0.25, 0.3) is 0 Å². The number of benzene rings is 1. The highest BCUT2D eigenvalue weighted by Crippen LogP contribution is 2.18. The Kier molecular flexibility index (Phi) is 4.00. The van der Waals surface area contributed by atoms with Crippen molar-refractivity contribution in [2.24, 2.45) is 0 Å². The molecule has 0 aliphatic rings. The number of aromatic nitrogens is 1. The summed E-state index contributed by atoms with van der Waals surface area (Å²) in [5.74, 6) is 1.11. The lowest BCUT2D eigenvalue weighted by molar-refractivity contribution is 1.13. The van der Waals surface area contributed by atoms with Crippen LogP contribution in [-0.4, -0.2) is 10.7 Å². The Morgan fingerprint density at radius 3 is 2.56 bits per heavy atom. The van der Waals surface area contributed by atoms with Crippen LogP contribution in [-0.2, 0) is 6.42 Å². The second-order valence-corrected chi connectivity index (χ2v) is 4.89. The van der Waals surface area contributed by atoms with Crippen LogP contribution in [0.3, 0.4) is 0 Å². The molecule has 0 aliphatic heterocycles. The number of nitrogens with zero attached hydrogens (tertiary/aromatic N) is 1. The minimum Gasteiger partial charge on any atom is -0.260 e. The van der Waals surface area contributed by atoms with Crippen LogP contribution in [0.4, 0.5) is 0 Å². The fourth-order valence-electron chi connectivity index (χ4n) is 1.47. The maximum absolute atomic E-state index is 4.28.